The summed E-state index contributed by atoms with van der Waals surface area (Å²) in [6.45, 7) is 4.84. The molecule has 0 saturated heterocycles. The molecule has 0 N–H and O–H groups in total. The predicted octanol–water partition coefficient (Wildman–Crippen LogP) is 4.64. The third-order valence-electron chi connectivity index (χ3n) is 4.81. The SMILES string of the molecule is CCCC1CCC2C(CCC[C@@H]2C)C1. The Hall–Kier alpha value is 0. The average molecular weight is 194 g/mol. The van der Waals surface area contributed by atoms with Crippen molar-refractivity contribution in [3.8, 4) is 0 Å². The second-order valence-electron chi connectivity index (χ2n) is 5.80. The molecule has 4 atom stereocenters. The molecule has 2 aliphatic rings. The highest BCUT2D eigenvalue weighted by Gasteiger charge is 2.35. The Balaban J connectivity index is 1.89. The molecule has 2 fully saturated rings. The van der Waals surface area contributed by atoms with Crippen molar-refractivity contribution in [2.45, 2.75) is 65.2 Å². The number of fused-ring (bicyclic) bond motifs is 1. The van der Waals surface area contributed by atoms with E-state index in [1.165, 1.54) is 25.7 Å². The lowest BCUT2D eigenvalue weighted by atomic mass is 9.63. The van der Waals surface area contributed by atoms with E-state index in [2.05, 4.69) is 13.8 Å². The molecule has 0 bridgehead atoms. The summed E-state index contributed by atoms with van der Waals surface area (Å²) >= 11 is 0. The zero-order chi connectivity index (χ0) is 9.97. The predicted molar refractivity (Wildman–Crippen MR) is 62.2 cm³/mol. The Labute approximate surface area is 89.5 Å². The summed E-state index contributed by atoms with van der Waals surface area (Å²) in [5, 5.41) is 0. The second kappa shape index (κ2) is 4.68. The molecule has 0 aliphatic heterocycles. The lowest BCUT2D eigenvalue weighted by Crippen LogP contribution is -2.32. The topological polar surface area (TPSA) is 0 Å². The van der Waals surface area contributed by atoms with Gasteiger partial charge in [0, 0.05) is 0 Å². The van der Waals surface area contributed by atoms with Gasteiger partial charge >= 0.3 is 0 Å². The normalized spacial score (nSPS) is 43.3. The zero-order valence-electron chi connectivity index (χ0n) is 9.97. The van der Waals surface area contributed by atoms with Crippen molar-refractivity contribution >= 4 is 0 Å². The fourth-order valence-corrected chi connectivity index (χ4v) is 4.05. The fraction of sp³-hybridized carbons (Fsp3) is 1.00. The van der Waals surface area contributed by atoms with Crippen LogP contribution < -0.4 is 0 Å². The Kier molecular flexibility index (Phi) is 3.52. The molecule has 0 aromatic carbocycles. The standard InChI is InChI=1S/C14H26/c1-3-5-12-8-9-14-11(2)6-4-7-13(14)10-12/h11-14H,3-10H2,1-2H3/t11-,12?,13?,14?/m0/s1. The maximum atomic E-state index is 2.50. The lowest BCUT2D eigenvalue weighted by molar-refractivity contribution is 0.0810. The molecule has 82 valence electrons. The van der Waals surface area contributed by atoms with Gasteiger partial charge in [0.2, 0.25) is 0 Å². The summed E-state index contributed by atoms with van der Waals surface area (Å²) in [5.41, 5.74) is 0. The molecule has 2 aliphatic carbocycles. The molecule has 0 aromatic heterocycles. The quantitative estimate of drug-likeness (QED) is 0.601. The van der Waals surface area contributed by atoms with Crippen LogP contribution in [0, 0.1) is 23.7 Å². The largest absolute Gasteiger partial charge is 0.0654 e. The number of hydrogen-bond acceptors (Lipinski definition) is 0. The van der Waals surface area contributed by atoms with Crippen LogP contribution in [0.1, 0.15) is 65.2 Å². The average Bonchev–Trinajstić information content (AvgIpc) is 2.18. The minimum absolute atomic E-state index is 1.04. The van der Waals surface area contributed by atoms with Crippen molar-refractivity contribution in [1.82, 2.24) is 0 Å². The molecule has 0 nitrogen and oxygen atoms in total. The first-order chi connectivity index (χ1) is 6.81. The highest BCUT2D eigenvalue weighted by atomic mass is 14.4. The molecule has 0 aromatic rings. The van der Waals surface area contributed by atoms with Gasteiger partial charge in [0.25, 0.3) is 0 Å². The van der Waals surface area contributed by atoms with Gasteiger partial charge in [-0.2, -0.15) is 0 Å². The molecule has 0 spiro atoms. The van der Waals surface area contributed by atoms with Gasteiger partial charge in [-0.05, 0) is 36.5 Å². The van der Waals surface area contributed by atoms with E-state index in [4.69, 9.17) is 0 Å². The van der Waals surface area contributed by atoms with E-state index in [1.54, 1.807) is 25.7 Å². The van der Waals surface area contributed by atoms with E-state index in [-0.39, 0.29) is 0 Å². The van der Waals surface area contributed by atoms with Crippen molar-refractivity contribution in [3.05, 3.63) is 0 Å². The van der Waals surface area contributed by atoms with E-state index in [0.717, 1.165) is 23.7 Å². The van der Waals surface area contributed by atoms with Crippen LogP contribution in [0.2, 0.25) is 0 Å². The molecule has 2 rings (SSSR count). The maximum Gasteiger partial charge on any atom is -0.0360 e. The molecular weight excluding hydrogens is 168 g/mol. The van der Waals surface area contributed by atoms with Crippen LogP contribution in [0.4, 0.5) is 0 Å². The first kappa shape index (κ1) is 10.5. The van der Waals surface area contributed by atoms with Gasteiger partial charge in [-0.3, -0.25) is 0 Å². The van der Waals surface area contributed by atoms with Crippen LogP contribution in [0.3, 0.4) is 0 Å². The molecule has 3 unspecified atom stereocenters. The molecule has 14 heavy (non-hydrogen) atoms. The second-order valence-corrected chi connectivity index (χ2v) is 5.80. The summed E-state index contributed by atoms with van der Waals surface area (Å²) < 4.78 is 0. The van der Waals surface area contributed by atoms with Crippen LogP contribution in [0.5, 0.6) is 0 Å². The van der Waals surface area contributed by atoms with Gasteiger partial charge in [-0.15, -0.1) is 0 Å². The third-order valence-corrected chi connectivity index (χ3v) is 4.81. The van der Waals surface area contributed by atoms with E-state index in [0.29, 0.717) is 0 Å². The molecule has 0 radical (unpaired) electrons. The third kappa shape index (κ3) is 2.15. The minimum Gasteiger partial charge on any atom is -0.0654 e. The Morgan fingerprint density at radius 2 is 1.93 bits per heavy atom. The van der Waals surface area contributed by atoms with Crippen molar-refractivity contribution in [3.63, 3.8) is 0 Å². The van der Waals surface area contributed by atoms with Crippen LogP contribution in [0.15, 0.2) is 0 Å². The Bertz CT molecular complexity index is 173. The van der Waals surface area contributed by atoms with Crippen LogP contribution in [0.25, 0.3) is 0 Å². The highest BCUT2D eigenvalue weighted by Crippen LogP contribution is 2.46. The van der Waals surface area contributed by atoms with Crippen molar-refractivity contribution in [2.24, 2.45) is 23.7 Å². The molecular formula is C14H26. The number of hydrogen-bond donors (Lipinski definition) is 0. The Morgan fingerprint density at radius 3 is 2.71 bits per heavy atom. The summed E-state index contributed by atoms with van der Waals surface area (Å²) in [4.78, 5) is 0. The van der Waals surface area contributed by atoms with Gasteiger partial charge in [-0.25, -0.2) is 0 Å². The minimum atomic E-state index is 1.04. The maximum absolute atomic E-state index is 2.50. The summed E-state index contributed by atoms with van der Waals surface area (Å²) in [7, 11) is 0. The molecule has 0 heteroatoms. The smallest absolute Gasteiger partial charge is 0.0360 e. The van der Waals surface area contributed by atoms with Crippen molar-refractivity contribution in [1.29, 1.82) is 0 Å². The lowest BCUT2D eigenvalue weighted by Gasteiger charge is -2.43. The first-order valence-electron chi connectivity index (χ1n) is 6.81. The van der Waals surface area contributed by atoms with Gasteiger partial charge < -0.3 is 0 Å². The summed E-state index contributed by atoms with van der Waals surface area (Å²) in [6.07, 6.45) is 12.1. The van der Waals surface area contributed by atoms with Crippen molar-refractivity contribution < 1.29 is 0 Å². The summed E-state index contributed by atoms with van der Waals surface area (Å²) in [5.74, 6) is 4.35. The summed E-state index contributed by atoms with van der Waals surface area (Å²) in [6, 6.07) is 0. The van der Waals surface area contributed by atoms with E-state index in [9.17, 15) is 0 Å². The monoisotopic (exact) mass is 194 g/mol. The molecule has 0 amide bonds. The van der Waals surface area contributed by atoms with Crippen LogP contribution in [-0.2, 0) is 0 Å². The van der Waals surface area contributed by atoms with E-state index < -0.39 is 0 Å². The van der Waals surface area contributed by atoms with Gasteiger partial charge in [-0.1, -0.05) is 52.4 Å². The molecule has 0 heterocycles. The zero-order valence-corrected chi connectivity index (χ0v) is 9.97. The number of rotatable bonds is 2. The highest BCUT2D eigenvalue weighted by molar-refractivity contribution is 4.86. The Morgan fingerprint density at radius 1 is 1.07 bits per heavy atom. The fourth-order valence-electron chi connectivity index (χ4n) is 4.05. The van der Waals surface area contributed by atoms with E-state index >= 15 is 0 Å². The van der Waals surface area contributed by atoms with Crippen LogP contribution >= 0.6 is 0 Å². The van der Waals surface area contributed by atoms with E-state index in [1.807, 2.05) is 0 Å². The van der Waals surface area contributed by atoms with Gasteiger partial charge in [0.15, 0.2) is 0 Å². The first-order valence-corrected chi connectivity index (χ1v) is 6.81. The van der Waals surface area contributed by atoms with Gasteiger partial charge in [0.05, 0.1) is 0 Å². The molecule has 2 saturated carbocycles. The van der Waals surface area contributed by atoms with Gasteiger partial charge in [0.1, 0.15) is 0 Å². The van der Waals surface area contributed by atoms with Crippen molar-refractivity contribution in [2.75, 3.05) is 0 Å². The van der Waals surface area contributed by atoms with Crippen LogP contribution in [-0.4, -0.2) is 0 Å².